The highest BCUT2D eigenvalue weighted by atomic mass is 14.9. The fourth-order valence-corrected chi connectivity index (χ4v) is 3.13. The Bertz CT molecular complexity index is 505. The van der Waals surface area contributed by atoms with E-state index in [1.54, 1.807) is 5.56 Å². The zero-order chi connectivity index (χ0) is 11.7. The third-order valence-corrected chi connectivity index (χ3v) is 3.93. The zero-order valence-electron chi connectivity index (χ0n) is 10.4. The van der Waals surface area contributed by atoms with E-state index >= 15 is 0 Å². The molecular weight excluding hydrogens is 208 g/mol. The molecule has 0 aliphatic carbocycles. The van der Waals surface area contributed by atoms with E-state index in [1.165, 1.54) is 42.4 Å². The van der Waals surface area contributed by atoms with Crippen molar-refractivity contribution in [3.63, 3.8) is 0 Å². The van der Waals surface area contributed by atoms with E-state index in [4.69, 9.17) is 0 Å². The first-order valence-electron chi connectivity index (χ1n) is 6.64. The molecule has 1 aromatic carbocycles. The third kappa shape index (κ3) is 1.98. The quantitative estimate of drug-likeness (QED) is 0.770. The fraction of sp³-hybridized carbons (Fsp3) is 0.467. The van der Waals surface area contributed by atoms with Gasteiger partial charge in [0.2, 0.25) is 0 Å². The van der Waals surface area contributed by atoms with Gasteiger partial charge in [-0.25, -0.2) is 0 Å². The molecule has 2 heteroatoms. The standard InChI is InChI=1S/C15H20N2/c1-11-15(12-5-4-9-16-10-8-12)13-6-2-3-7-14(13)17-11/h2-3,6-7,12,16-17H,4-5,8-10H2,1H3. The smallest absolute Gasteiger partial charge is 0.0458 e. The van der Waals surface area contributed by atoms with Crippen molar-refractivity contribution in [2.24, 2.45) is 0 Å². The minimum absolute atomic E-state index is 0.723. The van der Waals surface area contributed by atoms with E-state index in [0.717, 1.165) is 12.5 Å². The number of benzene rings is 1. The van der Waals surface area contributed by atoms with Gasteiger partial charge >= 0.3 is 0 Å². The van der Waals surface area contributed by atoms with Crippen LogP contribution in [0.5, 0.6) is 0 Å². The van der Waals surface area contributed by atoms with Gasteiger partial charge in [0, 0.05) is 16.6 Å². The van der Waals surface area contributed by atoms with E-state index in [0.29, 0.717) is 0 Å². The number of aryl methyl sites for hydroxylation is 1. The van der Waals surface area contributed by atoms with Crippen molar-refractivity contribution < 1.29 is 0 Å². The molecule has 3 rings (SSSR count). The second kappa shape index (κ2) is 4.53. The normalized spacial score (nSPS) is 21.6. The Hall–Kier alpha value is -1.28. The summed E-state index contributed by atoms with van der Waals surface area (Å²) in [6.45, 7) is 4.55. The van der Waals surface area contributed by atoms with Crippen molar-refractivity contribution >= 4 is 10.9 Å². The number of rotatable bonds is 1. The van der Waals surface area contributed by atoms with E-state index in [2.05, 4.69) is 41.5 Å². The molecule has 1 fully saturated rings. The van der Waals surface area contributed by atoms with Crippen molar-refractivity contribution in [3.05, 3.63) is 35.5 Å². The molecule has 1 aliphatic rings. The second-order valence-electron chi connectivity index (χ2n) is 5.09. The summed E-state index contributed by atoms with van der Waals surface area (Å²) in [5.74, 6) is 0.723. The molecule has 1 unspecified atom stereocenters. The largest absolute Gasteiger partial charge is 0.358 e. The topological polar surface area (TPSA) is 27.8 Å². The molecule has 17 heavy (non-hydrogen) atoms. The summed E-state index contributed by atoms with van der Waals surface area (Å²) in [6, 6.07) is 8.69. The van der Waals surface area contributed by atoms with Crippen LogP contribution in [0.4, 0.5) is 0 Å². The van der Waals surface area contributed by atoms with Gasteiger partial charge < -0.3 is 10.3 Å². The molecule has 1 aliphatic heterocycles. The number of hydrogen-bond acceptors (Lipinski definition) is 1. The number of aromatic nitrogens is 1. The lowest BCUT2D eigenvalue weighted by molar-refractivity contribution is 0.610. The molecule has 90 valence electrons. The molecule has 2 nitrogen and oxygen atoms in total. The van der Waals surface area contributed by atoms with Gasteiger partial charge in [-0.2, -0.15) is 0 Å². The summed E-state index contributed by atoms with van der Waals surface area (Å²) in [6.07, 6.45) is 3.88. The van der Waals surface area contributed by atoms with Gasteiger partial charge in [0.05, 0.1) is 0 Å². The Morgan fingerprint density at radius 1 is 1.12 bits per heavy atom. The first kappa shape index (κ1) is 10.8. The average Bonchev–Trinajstić information content (AvgIpc) is 2.53. The maximum atomic E-state index is 3.52. The van der Waals surface area contributed by atoms with E-state index in [9.17, 15) is 0 Å². The van der Waals surface area contributed by atoms with Crippen molar-refractivity contribution in [3.8, 4) is 0 Å². The van der Waals surface area contributed by atoms with E-state index < -0.39 is 0 Å². The van der Waals surface area contributed by atoms with Crippen LogP contribution in [0.1, 0.15) is 36.4 Å². The number of H-pyrrole nitrogens is 1. The Kier molecular flexibility index (Phi) is 2.89. The average molecular weight is 228 g/mol. The lowest BCUT2D eigenvalue weighted by Gasteiger charge is -2.14. The Labute approximate surface area is 102 Å². The highest BCUT2D eigenvalue weighted by molar-refractivity contribution is 5.85. The van der Waals surface area contributed by atoms with Gasteiger partial charge in [-0.3, -0.25) is 0 Å². The molecule has 1 atom stereocenters. The Morgan fingerprint density at radius 2 is 2.00 bits per heavy atom. The summed E-state index contributed by atoms with van der Waals surface area (Å²) in [5, 5.41) is 4.92. The molecule has 0 saturated carbocycles. The maximum absolute atomic E-state index is 3.52. The van der Waals surface area contributed by atoms with Crippen LogP contribution in [0.3, 0.4) is 0 Å². The number of fused-ring (bicyclic) bond motifs is 1. The van der Waals surface area contributed by atoms with Gasteiger partial charge in [0.15, 0.2) is 0 Å². The lowest BCUT2D eigenvalue weighted by atomic mass is 9.90. The van der Waals surface area contributed by atoms with Gasteiger partial charge in [0.25, 0.3) is 0 Å². The minimum atomic E-state index is 0.723. The maximum Gasteiger partial charge on any atom is 0.0458 e. The summed E-state index contributed by atoms with van der Waals surface area (Å²) < 4.78 is 0. The Balaban J connectivity index is 2.05. The molecule has 2 aromatic rings. The van der Waals surface area contributed by atoms with Crippen LogP contribution < -0.4 is 5.32 Å². The highest BCUT2D eigenvalue weighted by Gasteiger charge is 2.19. The van der Waals surface area contributed by atoms with E-state index in [1.807, 2.05) is 0 Å². The highest BCUT2D eigenvalue weighted by Crippen LogP contribution is 2.34. The van der Waals surface area contributed by atoms with Gasteiger partial charge in [0.1, 0.15) is 0 Å². The van der Waals surface area contributed by atoms with Crippen LogP contribution in [-0.4, -0.2) is 18.1 Å². The van der Waals surface area contributed by atoms with E-state index in [-0.39, 0.29) is 0 Å². The van der Waals surface area contributed by atoms with Crippen molar-refractivity contribution in [2.45, 2.75) is 32.1 Å². The van der Waals surface area contributed by atoms with Crippen molar-refractivity contribution in [2.75, 3.05) is 13.1 Å². The predicted molar refractivity (Wildman–Crippen MR) is 72.5 cm³/mol. The lowest BCUT2D eigenvalue weighted by Crippen LogP contribution is -2.13. The number of hydrogen-bond donors (Lipinski definition) is 2. The summed E-state index contributed by atoms with van der Waals surface area (Å²) in [5.41, 5.74) is 4.21. The zero-order valence-corrected chi connectivity index (χ0v) is 10.4. The molecule has 0 bridgehead atoms. The molecule has 1 aromatic heterocycles. The van der Waals surface area contributed by atoms with Gasteiger partial charge in [-0.05, 0) is 56.8 Å². The van der Waals surface area contributed by atoms with Gasteiger partial charge in [-0.15, -0.1) is 0 Å². The van der Waals surface area contributed by atoms with Crippen LogP contribution in [0.2, 0.25) is 0 Å². The monoisotopic (exact) mass is 228 g/mol. The first-order chi connectivity index (χ1) is 8.36. The summed E-state index contributed by atoms with van der Waals surface area (Å²) in [4.78, 5) is 3.52. The number of aromatic amines is 1. The van der Waals surface area contributed by atoms with Crippen molar-refractivity contribution in [1.29, 1.82) is 0 Å². The van der Waals surface area contributed by atoms with Crippen molar-refractivity contribution in [1.82, 2.24) is 10.3 Å². The molecule has 1 saturated heterocycles. The van der Waals surface area contributed by atoms with Gasteiger partial charge in [-0.1, -0.05) is 18.2 Å². The molecule has 0 radical (unpaired) electrons. The molecule has 2 heterocycles. The first-order valence-corrected chi connectivity index (χ1v) is 6.64. The predicted octanol–water partition coefficient (Wildman–Crippen LogP) is 3.33. The SMILES string of the molecule is Cc1[nH]c2ccccc2c1C1CCCNCC1. The van der Waals surface area contributed by atoms with Crippen LogP contribution >= 0.6 is 0 Å². The summed E-state index contributed by atoms with van der Waals surface area (Å²) in [7, 11) is 0. The van der Waals surface area contributed by atoms with Crippen LogP contribution in [0.15, 0.2) is 24.3 Å². The fourth-order valence-electron chi connectivity index (χ4n) is 3.13. The van der Waals surface area contributed by atoms with Crippen LogP contribution in [0.25, 0.3) is 10.9 Å². The van der Waals surface area contributed by atoms with Crippen LogP contribution in [0, 0.1) is 6.92 Å². The molecule has 0 amide bonds. The second-order valence-corrected chi connectivity index (χ2v) is 5.09. The third-order valence-electron chi connectivity index (χ3n) is 3.93. The molecular formula is C15H20N2. The van der Waals surface area contributed by atoms with Crippen LogP contribution in [-0.2, 0) is 0 Å². The number of para-hydroxylation sites is 1. The minimum Gasteiger partial charge on any atom is -0.358 e. The molecule has 2 N–H and O–H groups in total. The number of nitrogens with one attached hydrogen (secondary N) is 2. The summed E-state index contributed by atoms with van der Waals surface area (Å²) >= 11 is 0. The molecule has 0 spiro atoms. The Morgan fingerprint density at radius 3 is 2.94 bits per heavy atom.